The van der Waals surface area contributed by atoms with Gasteiger partial charge in [-0.3, -0.25) is 0 Å². The van der Waals surface area contributed by atoms with Crippen molar-refractivity contribution in [1.82, 2.24) is 0 Å². The van der Waals surface area contributed by atoms with Crippen LogP contribution in [0.4, 0.5) is 5.69 Å². The molecule has 1 aromatic carbocycles. The molecule has 2 rings (SSSR count). The number of hydrogen-bond acceptors (Lipinski definition) is 3. The van der Waals surface area contributed by atoms with Crippen LogP contribution in [0.25, 0.3) is 0 Å². The molecule has 1 fully saturated rings. The molecule has 0 bridgehead atoms. The van der Waals surface area contributed by atoms with E-state index in [1.165, 1.54) is 5.69 Å². The van der Waals surface area contributed by atoms with E-state index < -0.39 is 0 Å². The summed E-state index contributed by atoms with van der Waals surface area (Å²) in [5, 5.41) is 0. The lowest BCUT2D eigenvalue weighted by Gasteiger charge is -2.29. The molecular weight excluding hydrogens is 280 g/mol. The summed E-state index contributed by atoms with van der Waals surface area (Å²) in [5.41, 5.74) is 8.00. The predicted molar refractivity (Wildman–Crippen MR) is 74.3 cm³/mol. The van der Waals surface area contributed by atoms with Gasteiger partial charge < -0.3 is 15.4 Å². The number of anilines is 1. The normalized spacial score (nSPS) is 24.0. The Labute approximate surface area is 111 Å². The van der Waals surface area contributed by atoms with E-state index in [4.69, 9.17) is 10.5 Å². The second-order valence-electron chi connectivity index (χ2n) is 4.52. The molecule has 1 aliphatic heterocycles. The Morgan fingerprint density at radius 1 is 1.53 bits per heavy atom. The average Bonchev–Trinajstić information content (AvgIpc) is 2.74. The summed E-state index contributed by atoms with van der Waals surface area (Å²) in [5.74, 6) is 0. The largest absolute Gasteiger partial charge is 0.376 e. The average molecular weight is 299 g/mol. The third-order valence-corrected chi connectivity index (χ3v) is 4.24. The summed E-state index contributed by atoms with van der Waals surface area (Å²) in [6.45, 7) is 3.56. The Hall–Kier alpha value is -0.580. The van der Waals surface area contributed by atoms with E-state index in [1.807, 2.05) is 0 Å². The Balaban J connectivity index is 2.19. The van der Waals surface area contributed by atoms with Crippen LogP contribution in [0.5, 0.6) is 0 Å². The monoisotopic (exact) mass is 298 g/mol. The summed E-state index contributed by atoms with van der Waals surface area (Å²) in [6.07, 6.45) is 1.39. The van der Waals surface area contributed by atoms with Crippen molar-refractivity contribution >= 4 is 21.6 Å². The maximum Gasteiger partial charge on any atom is 0.0750 e. The molecule has 2 atom stereocenters. The first-order chi connectivity index (χ1) is 8.13. The number of nitrogens with zero attached hydrogens (tertiary/aromatic N) is 1. The van der Waals surface area contributed by atoms with E-state index in [2.05, 4.69) is 53.0 Å². The minimum atomic E-state index is 0.299. The molecule has 17 heavy (non-hydrogen) atoms. The molecule has 0 aliphatic carbocycles. The predicted octanol–water partition coefficient (Wildman–Crippen LogP) is 2.52. The van der Waals surface area contributed by atoms with Crippen LogP contribution < -0.4 is 10.6 Å². The molecular formula is C13H19BrN2O. The number of rotatable bonds is 3. The maximum absolute atomic E-state index is 5.66. The van der Waals surface area contributed by atoms with Gasteiger partial charge in [0.2, 0.25) is 0 Å². The van der Waals surface area contributed by atoms with Gasteiger partial charge in [-0.15, -0.1) is 0 Å². The van der Waals surface area contributed by atoms with E-state index in [0.717, 1.165) is 23.1 Å². The number of nitrogens with two attached hydrogens (primary N) is 1. The number of benzene rings is 1. The van der Waals surface area contributed by atoms with Crippen LogP contribution in [0.1, 0.15) is 18.9 Å². The van der Waals surface area contributed by atoms with Gasteiger partial charge in [0.15, 0.2) is 0 Å². The zero-order valence-corrected chi connectivity index (χ0v) is 11.9. The van der Waals surface area contributed by atoms with Gasteiger partial charge in [0.1, 0.15) is 0 Å². The highest BCUT2D eigenvalue weighted by Crippen LogP contribution is 2.28. The van der Waals surface area contributed by atoms with Gasteiger partial charge >= 0.3 is 0 Å². The fraction of sp³-hybridized carbons (Fsp3) is 0.538. The molecule has 0 saturated carbocycles. The van der Waals surface area contributed by atoms with Gasteiger partial charge in [0.05, 0.1) is 12.1 Å². The summed E-state index contributed by atoms with van der Waals surface area (Å²) in [7, 11) is 2.12. The van der Waals surface area contributed by atoms with Crippen LogP contribution in [0.2, 0.25) is 0 Å². The first kappa shape index (κ1) is 12.9. The Morgan fingerprint density at radius 3 is 2.82 bits per heavy atom. The van der Waals surface area contributed by atoms with Gasteiger partial charge in [-0.1, -0.05) is 22.0 Å². The zero-order chi connectivity index (χ0) is 12.4. The van der Waals surface area contributed by atoms with Gasteiger partial charge in [0.25, 0.3) is 0 Å². The van der Waals surface area contributed by atoms with Crippen LogP contribution in [0.3, 0.4) is 0 Å². The van der Waals surface area contributed by atoms with Crippen LogP contribution in [-0.2, 0) is 11.3 Å². The van der Waals surface area contributed by atoms with Crippen molar-refractivity contribution in [2.75, 3.05) is 18.6 Å². The summed E-state index contributed by atoms with van der Waals surface area (Å²) in [4.78, 5) is 2.29. The van der Waals surface area contributed by atoms with Crippen molar-refractivity contribution in [3.63, 3.8) is 0 Å². The molecule has 1 heterocycles. The first-order valence-corrected chi connectivity index (χ1v) is 6.75. The van der Waals surface area contributed by atoms with E-state index >= 15 is 0 Å². The number of ether oxygens (including phenoxy) is 1. The third-order valence-electron chi connectivity index (χ3n) is 3.50. The van der Waals surface area contributed by atoms with Gasteiger partial charge in [-0.05, 0) is 31.0 Å². The molecule has 0 radical (unpaired) electrons. The van der Waals surface area contributed by atoms with Crippen LogP contribution >= 0.6 is 15.9 Å². The van der Waals surface area contributed by atoms with Crippen molar-refractivity contribution < 1.29 is 4.74 Å². The Bertz CT molecular complexity index is 397. The fourth-order valence-corrected chi connectivity index (χ4v) is 2.87. The van der Waals surface area contributed by atoms with Crippen LogP contribution in [-0.4, -0.2) is 25.8 Å². The van der Waals surface area contributed by atoms with Gasteiger partial charge in [-0.25, -0.2) is 0 Å². The van der Waals surface area contributed by atoms with E-state index in [-0.39, 0.29) is 0 Å². The highest BCUT2D eigenvalue weighted by molar-refractivity contribution is 9.10. The van der Waals surface area contributed by atoms with Gasteiger partial charge in [0, 0.05) is 30.4 Å². The number of hydrogen-bond donors (Lipinski definition) is 1. The summed E-state index contributed by atoms with van der Waals surface area (Å²) >= 11 is 3.56. The Morgan fingerprint density at radius 2 is 2.29 bits per heavy atom. The molecule has 0 aromatic heterocycles. The summed E-state index contributed by atoms with van der Waals surface area (Å²) < 4.78 is 6.69. The second-order valence-corrected chi connectivity index (χ2v) is 5.38. The molecule has 2 N–H and O–H groups in total. The lowest BCUT2D eigenvalue weighted by Crippen LogP contribution is -2.36. The Kier molecular flexibility index (Phi) is 4.07. The van der Waals surface area contributed by atoms with E-state index in [0.29, 0.717) is 18.7 Å². The number of halogens is 1. The van der Waals surface area contributed by atoms with E-state index in [1.54, 1.807) is 0 Å². The molecule has 1 aromatic rings. The van der Waals surface area contributed by atoms with E-state index in [9.17, 15) is 0 Å². The molecule has 1 aliphatic rings. The second kappa shape index (κ2) is 5.38. The van der Waals surface area contributed by atoms with Crippen molar-refractivity contribution in [2.45, 2.75) is 32.0 Å². The van der Waals surface area contributed by atoms with Crippen molar-refractivity contribution in [3.8, 4) is 0 Å². The SMILES string of the molecule is CC1OCCC1N(C)c1ccc(CN)c(Br)c1. The topological polar surface area (TPSA) is 38.5 Å². The molecule has 1 saturated heterocycles. The highest BCUT2D eigenvalue weighted by atomic mass is 79.9. The van der Waals surface area contributed by atoms with Crippen molar-refractivity contribution in [1.29, 1.82) is 0 Å². The van der Waals surface area contributed by atoms with Crippen molar-refractivity contribution in [3.05, 3.63) is 28.2 Å². The molecule has 4 heteroatoms. The minimum Gasteiger partial charge on any atom is -0.376 e. The summed E-state index contributed by atoms with van der Waals surface area (Å²) in [6, 6.07) is 6.80. The van der Waals surface area contributed by atoms with Crippen molar-refractivity contribution in [2.24, 2.45) is 5.73 Å². The van der Waals surface area contributed by atoms with Crippen LogP contribution in [0.15, 0.2) is 22.7 Å². The third kappa shape index (κ3) is 2.64. The zero-order valence-electron chi connectivity index (χ0n) is 10.3. The molecule has 2 unspecified atom stereocenters. The standard InChI is InChI=1S/C13H19BrN2O/c1-9-13(5-6-17-9)16(2)11-4-3-10(8-15)12(14)7-11/h3-4,7,9,13H,5-6,8,15H2,1-2H3. The lowest BCUT2D eigenvalue weighted by atomic mass is 10.1. The molecule has 94 valence electrons. The number of likely N-dealkylation sites (N-methyl/N-ethyl adjacent to an activating group) is 1. The smallest absolute Gasteiger partial charge is 0.0750 e. The minimum absolute atomic E-state index is 0.299. The fourth-order valence-electron chi connectivity index (χ4n) is 2.34. The lowest BCUT2D eigenvalue weighted by molar-refractivity contribution is 0.118. The maximum atomic E-state index is 5.66. The molecule has 0 amide bonds. The quantitative estimate of drug-likeness (QED) is 0.932. The molecule has 3 nitrogen and oxygen atoms in total. The van der Waals surface area contributed by atoms with Crippen LogP contribution in [0, 0.1) is 0 Å². The highest BCUT2D eigenvalue weighted by Gasteiger charge is 2.28. The molecule has 0 spiro atoms. The first-order valence-electron chi connectivity index (χ1n) is 5.96. The van der Waals surface area contributed by atoms with Gasteiger partial charge in [-0.2, -0.15) is 0 Å².